The van der Waals surface area contributed by atoms with E-state index in [1.807, 2.05) is 29.7 Å². The predicted octanol–water partition coefficient (Wildman–Crippen LogP) is 3.27. The van der Waals surface area contributed by atoms with Gasteiger partial charge in [0.2, 0.25) is 0 Å². The molecule has 0 amide bonds. The van der Waals surface area contributed by atoms with E-state index in [0.717, 1.165) is 25.3 Å². The van der Waals surface area contributed by atoms with Crippen LogP contribution in [-0.4, -0.2) is 23.0 Å². The molecule has 0 aliphatic rings. The number of hydrogen-bond donors (Lipinski definition) is 1. The average molecular weight is 289 g/mol. The molecule has 4 heteroatoms. The lowest BCUT2D eigenvalue weighted by atomic mass is 10.3. The highest BCUT2D eigenvalue weighted by Crippen LogP contribution is 2.18. The van der Waals surface area contributed by atoms with Crippen molar-refractivity contribution in [2.45, 2.75) is 39.5 Å². The van der Waals surface area contributed by atoms with E-state index in [-0.39, 0.29) is 0 Å². The van der Waals surface area contributed by atoms with Crippen LogP contribution in [0.25, 0.3) is 0 Å². The molecule has 0 unspecified atom stereocenters. The van der Waals surface area contributed by atoms with Crippen LogP contribution in [0.1, 0.15) is 29.3 Å². The molecule has 0 fully saturated rings. The topological polar surface area (TPSA) is 28.2 Å². The Bertz CT molecular complexity index is 507. The second-order valence-corrected chi connectivity index (χ2v) is 6.65. The zero-order valence-electron chi connectivity index (χ0n) is 12.5. The van der Waals surface area contributed by atoms with Crippen LogP contribution in [-0.2, 0) is 19.6 Å². The second kappa shape index (κ2) is 7.53. The minimum atomic E-state index is 0.535. The molecule has 108 valence electrons. The van der Waals surface area contributed by atoms with E-state index in [1.54, 1.807) is 0 Å². The molecule has 0 saturated carbocycles. The van der Waals surface area contributed by atoms with Gasteiger partial charge >= 0.3 is 0 Å². The lowest BCUT2D eigenvalue weighted by Gasteiger charge is -2.14. The van der Waals surface area contributed by atoms with Crippen LogP contribution in [0, 0.1) is 0 Å². The Morgan fingerprint density at radius 1 is 1.15 bits per heavy atom. The van der Waals surface area contributed by atoms with Crippen LogP contribution in [0.15, 0.2) is 36.5 Å². The highest BCUT2D eigenvalue weighted by molar-refractivity contribution is 7.11. The maximum Gasteiger partial charge on any atom is 0.0543 e. The lowest BCUT2D eigenvalue weighted by molar-refractivity contribution is 0.318. The van der Waals surface area contributed by atoms with Gasteiger partial charge in [0.1, 0.15) is 0 Å². The van der Waals surface area contributed by atoms with Gasteiger partial charge in [-0.1, -0.05) is 19.9 Å². The van der Waals surface area contributed by atoms with Crippen molar-refractivity contribution in [2.24, 2.45) is 0 Å². The number of thiophene rings is 1. The molecule has 1 N–H and O–H groups in total. The molecule has 20 heavy (non-hydrogen) atoms. The maximum atomic E-state index is 4.37. The van der Waals surface area contributed by atoms with E-state index in [0.29, 0.717) is 6.04 Å². The maximum absolute atomic E-state index is 4.37. The first-order valence-electron chi connectivity index (χ1n) is 7.03. The highest BCUT2D eigenvalue weighted by atomic mass is 32.1. The molecule has 0 atom stereocenters. The van der Waals surface area contributed by atoms with Crippen molar-refractivity contribution in [3.63, 3.8) is 0 Å². The summed E-state index contributed by atoms with van der Waals surface area (Å²) in [7, 11) is 2.14. The molecule has 0 spiro atoms. The van der Waals surface area contributed by atoms with E-state index in [4.69, 9.17) is 0 Å². The summed E-state index contributed by atoms with van der Waals surface area (Å²) < 4.78 is 0. The predicted molar refractivity (Wildman–Crippen MR) is 85.7 cm³/mol. The number of nitrogens with one attached hydrogen (secondary N) is 1. The van der Waals surface area contributed by atoms with Crippen LogP contribution in [0.4, 0.5) is 0 Å². The minimum Gasteiger partial charge on any atom is -0.310 e. The van der Waals surface area contributed by atoms with Gasteiger partial charge in [-0.25, -0.2) is 0 Å². The molecule has 0 aliphatic carbocycles. The highest BCUT2D eigenvalue weighted by Gasteiger charge is 2.05. The van der Waals surface area contributed by atoms with E-state index in [2.05, 4.69) is 54.3 Å². The molecule has 0 bridgehead atoms. The second-order valence-electron chi connectivity index (χ2n) is 5.40. The first-order valence-corrected chi connectivity index (χ1v) is 7.84. The molecule has 2 aromatic heterocycles. The van der Waals surface area contributed by atoms with E-state index >= 15 is 0 Å². The zero-order valence-corrected chi connectivity index (χ0v) is 13.3. The number of aromatic nitrogens is 1. The third kappa shape index (κ3) is 5.04. The van der Waals surface area contributed by atoms with Crippen LogP contribution in [0.3, 0.4) is 0 Å². The standard InChI is InChI=1S/C16H23N3S/c1-13(2)18-10-15-7-8-16(20-15)12-19(3)11-14-6-4-5-9-17-14/h4-9,13,18H,10-12H2,1-3H3. The van der Waals surface area contributed by atoms with Crippen LogP contribution in [0.5, 0.6) is 0 Å². The fraction of sp³-hybridized carbons (Fsp3) is 0.438. The van der Waals surface area contributed by atoms with Gasteiger partial charge in [-0.05, 0) is 31.3 Å². The number of pyridine rings is 1. The molecule has 2 rings (SSSR count). The third-order valence-corrected chi connectivity index (χ3v) is 4.06. The van der Waals surface area contributed by atoms with Crippen molar-refractivity contribution in [2.75, 3.05) is 7.05 Å². The molecule has 2 aromatic rings. The first-order chi connectivity index (χ1) is 9.63. The van der Waals surface area contributed by atoms with Crippen molar-refractivity contribution in [3.05, 3.63) is 52.0 Å². The van der Waals surface area contributed by atoms with Crippen molar-refractivity contribution in [1.82, 2.24) is 15.2 Å². The number of rotatable bonds is 7. The van der Waals surface area contributed by atoms with Crippen molar-refractivity contribution in [3.8, 4) is 0 Å². The summed E-state index contributed by atoms with van der Waals surface area (Å²) in [5.41, 5.74) is 1.12. The van der Waals surface area contributed by atoms with Crippen molar-refractivity contribution < 1.29 is 0 Å². The normalized spacial score (nSPS) is 11.4. The van der Waals surface area contributed by atoms with E-state index < -0.39 is 0 Å². The Labute approximate surface area is 125 Å². The Balaban J connectivity index is 1.83. The number of nitrogens with zero attached hydrogens (tertiary/aromatic N) is 2. The lowest BCUT2D eigenvalue weighted by Crippen LogP contribution is -2.21. The van der Waals surface area contributed by atoms with Crippen LogP contribution >= 0.6 is 11.3 Å². The number of hydrogen-bond acceptors (Lipinski definition) is 4. The molecule has 2 heterocycles. The Morgan fingerprint density at radius 3 is 2.65 bits per heavy atom. The van der Waals surface area contributed by atoms with Crippen molar-refractivity contribution >= 4 is 11.3 Å². The molecular weight excluding hydrogens is 266 g/mol. The minimum absolute atomic E-state index is 0.535. The molecule has 0 radical (unpaired) electrons. The van der Waals surface area contributed by atoms with Gasteiger partial charge in [0.25, 0.3) is 0 Å². The molecule has 0 aromatic carbocycles. The summed E-state index contributed by atoms with van der Waals surface area (Å²) in [6, 6.07) is 11.1. The van der Waals surface area contributed by atoms with Gasteiger partial charge in [0.05, 0.1) is 5.69 Å². The SMILES string of the molecule is CC(C)NCc1ccc(CN(C)Cc2ccccn2)s1. The van der Waals surface area contributed by atoms with E-state index in [1.165, 1.54) is 9.75 Å². The summed E-state index contributed by atoms with van der Waals surface area (Å²) in [4.78, 5) is 9.47. The Kier molecular flexibility index (Phi) is 5.71. The van der Waals surface area contributed by atoms with Crippen LogP contribution < -0.4 is 5.32 Å². The Hall–Kier alpha value is -1.23. The molecule has 0 aliphatic heterocycles. The third-order valence-electron chi connectivity index (χ3n) is 2.99. The fourth-order valence-corrected chi connectivity index (χ4v) is 3.05. The van der Waals surface area contributed by atoms with Crippen LogP contribution in [0.2, 0.25) is 0 Å². The Morgan fingerprint density at radius 2 is 1.95 bits per heavy atom. The fourth-order valence-electron chi connectivity index (χ4n) is 2.00. The summed E-state index contributed by atoms with van der Waals surface area (Å²) in [6.45, 7) is 7.18. The summed E-state index contributed by atoms with van der Waals surface area (Å²) >= 11 is 1.89. The van der Waals surface area contributed by atoms with E-state index in [9.17, 15) is 0 Å². The average Bonchev–Trinajstić information content (AvgIpc) is 2.85. The van der Waals surface area contributed by atoms with Gasteiger partial charge in [-0.3, -0.25) is 9.88 Å². The zero-order chi connectivity index (χ0) is 14.4. The molecular formula is C16H23N3S. The van der Waals surface area contributed by atoms with Gasteiger partial charge in [-0.2, -0.15) is 0 Å². The quantitative estimate of drug-likeness (QED) is 0.848. The van der Waals surface area contributed by atoms with Gasteiger partial charge in [0, 0.05) is 41.6 Å². The summed E-state index contributed by atoms with van der Waals surface area (Å²) in [5.74, 6) is 0. The largest absolute Gasteiger partial charge is 0.310 e. The first kappa shape index (κ1) is 15.2. The monoisotopic (exact) mass is 289 g/mol. The molecule has 0 saturated heterocycles. The van der Waals surface area contributed by atoms with Crippen molar-refractivity contribution in [1.29, 1.82) is 0 Å². The van der Waals surface area contributed by atoms with Gasteiger partial charge in [-0.15, -0.1) is 11.3 Å². The van der Waals surface area contributed by atoms with Gasteiger partial charge in [0.15, 0.2) is 0 Å². The van der Waals surface area contributed by atoms with Gasteiger partial charge < -0.3 is 5.32 Å². The summed E-state index contributed by atoms with van der Waals surface area (Å²) in [5, 5.41) is 3.46. The smallest absolute Gasteiger partial charge is 0.0543 e. The summed E-state index contributed by atoms with van der Waals surface area (Å²) in [6.07, 6.45) is 1.85. The molecule has 3 nitrogen and oxygen atoms in total.